The maximum Gasteiger partial charge on any atom is 0.324 e. The maximum atomic E-state index is 11.0. The number of nitrogens with two attached hydrogens (primary N) is 1. The van der Waals surface area contributed by atoms with Crippen molar-refractivity contribution in [3.05, 3.63) is 0 Å². The molecular weight excluding hydrogens is 182 g/mol. The second-order valence-corrected chi connectivity index (χ2v) is 5.34. The summed E-state index contributed by atoms with van der Waals surface area (Å²) in [5.41, 5.74) is 3.84. The van der Waals surface area contributed by atoms with Gasteiger partial charge in [-0.15, -0.1) is 0 Å². The van der Waals surface area contributed by atoms with E-state index in [-0.39, 0.29) is 12.2 Å². The van der Waals surface area contributed by atoms with Crippen molar-refractivity contribution >= 4 is 15.8 Å². The third-order valence-corrected chi connectivity index (χ3v) is 3.85. The molecule has 1 fully saturated rings. The minimum atomic E-state index is -3.24. The van der Waals surface area contributed by atoms with Gasteiger partial charge in [0.25, 0.3) is 0 Å². The standard InChI is InChI=1S/C6H11NO4S/c7-6(5(8)9)2-1-3-12(10,11)4-6/h1-4,7H2,(H,8,9)/t6-/m0/s1. The molecule has 12 heavy (non-hydrogen) atoms. The highest BCUT2D eigenvalue weighted by molar-refractivity contribution is 7.91. The van der Waals surface area contributed by atoms with E-state index in [9.17, 15) is 13.2 Å². The van der Waals surface area contributed by atoms with Gasteiger partial charge in [0.05, 0.1) is 11.5 Å². The fourth-order valence-corrected chi connectivity index (χ4v) is 3.09. The first-order chi connectivity index (χ1) is 5.36. The van der Waals surface area contributed by atoms with E-state index in [1.807, 2.05) is 0 Å². The molecule has 1 rings (SSSR count). The molecule has 1 heterocycles. The van der Waals surface area contributed by atoms with Gasteiger partial charge in [-0.05, 0) is 12.8 Å². The third kappa shape index (κ3) is 1.75. The van der Waals surface area contributed by atoms with Crippen LogP contribution in [0.15, 0.2) is 0 Å². The van der Waals surface area contributed by atoms with E-state index in [1.54, 1.807) is 0 Å². The molecule has 0 unspecified atom stereocenters. The van der Waals surface area contributed by atoms with Crippen LogP contribution in [0.4, 0.5) is 0 Å². The average Bonchev–Trinajstić information content (AvgIpc) is 1.83. The Morgan fingerprint density at radius 1 is 1.50 bits per heavy atom. The van der Waals surface area contributed by atoms with Crippen molar-refractivity contribution in [3.63, 3.8) is 0 Å². The van der Waals surface area contributed by atoms with Crippen LogP contribution in [0.25, 0.3) is 0 Å². The first kappa shape index (κ1) is 9.47. The van der Waals surface area contributed by atoms with Crippen LogP contribution >= 0.6 is 0 Å². The number of rotatable bonds is 1. The van der Waals surface area contributed by atoms with Crippen LogP contribution in [-0.2, 0) is 14.6 Å². The van der Waals surface area contributed by atoms with Crippen molar-refractivity contribution in [3.8, 4) is 0 Å². The largest absolute Gasteiger partial charge is 0.480 e. The lowest BCUT2D eigenvalue weighted by Crippen LogP contribution is -2.56. The van der Waals surface area contributed by atoms with Gasteiger partial charge >= 0.3 is 5.97 Å². The van der Waals surface area contributed by atoms with Gasteiger partial charge in [0.1, 0.15) is 5.54 Å². The maximum absolute atomic E-state index is 11.0. The summed E-state index contributed by atoms with van der Waals surface area (Å²) in [6.45, 7) is 0. The summed E-state index contributed by atoms with van der Waals surface area (Å²) in [5, 5.41) is 8.64. The monoisotopic (exact) mass is 193 g/mol. The first-order valence-corrected chi connectivity index (χ1v) is 5.41. The molecular formula is C6H11NO4S. The Hall–Kier alpha value is -0.620. The normalized spacial score (nSPS) is 34.4. The number of sulfone groups is 1. The van der Waals surface area contributed by atoms with E-state index >= 15 is 0 Å². The molecule has 0 saturated carbocycles. The van der Waals surface area contributed by atoms with Gasteiger partial charge in [-0.3, -0.25) is 4.79 Å². The van der Waals surface area contributed by atoms with Crippen molar-refractivity contribution in [1.82, 2.24) is 0 Å². The summed E-state index contributed by atoms with van der Waals surface area (Å²) in [4.78, 5) is 10.6. The third-order valence-electron chi connectivity index (χ3n) is 1.98. The van der Waals surface area contributed by atoms with Crippen molar-refractivity contribution in [2.45, 2.75) is 18.4 Å². The van der Waals surface area contributed by atoms with E-state index in [4.69, 9.17) is 10.8 Å². The molecule has 1 saturated heterocycles. The Kier molecular flexibility index (Phi) is 2.13. The van der Waals surface area contributed by atoms with Gasteiger partial charge in [0.2, 0.25) is 0 Å². The highest BCUT2D eigenvalue weighted by Crippen LogP contribution is 2.20. The number of hydrogen-bond donors (Lipinski definition) is 2. The number of hydrogen-bond acceptors (Lipinski definition) is 4. The molecule has 0 aromatic heterocycles. The molecule has 1 aliphatic heterocycles. The summed E-state index contributed by atoms with van der Waals surface area (Å²) in [5.74, 6) is -1.61. The molecule has 0 amide bonds. The number of carboxylic acids is 1. The highest BCUT2D eigenvalue weighted by atomic mass is 32.2. The minimum Gasteiger partial charge on any atom is -0.480 e. The van der Waals surface area contributed by atoms with Gasteiger partial charge < -0.3 is 10.8 Å². The number of carbonyl (C=O) groups is 1. The zero-order valence-electron chi connectivity index (χ0n) is 6.49. The van der Waals surface area contributed by atoms with Gasteiger partial charge in [-0.25, -0.2) is 8.42 Å². The molecule has 0 aromatic carbocycles. The summed E-state index contributed by atoms with van der Waals surface area (Å²) in [6, 6.07) is 0. The van der Waals surface area contributed by atoms with Crippen LogP contribution in [0, 0.1) is 0 Å². The Bertz CT molecular complexity index is 297. The van der Waals surface area contributed by atoms with E-state index in [1.165, 1.54) is 0 Å². The Morgan fingerprint density at radius 3 is 2.42 bits per heavy atom. The van der Waals surface area contributed by atoms with Gasteiger partial charge in [0, 0.05) is 0 Å². The lowest BCUT2D eigenvalue weighted by molar-refractivity contribution is -0.142. The zero-order valence-corrected chi connectivity index (χ0v) is 7.30. The first-order valence-electron chi connectivity index (χ1n) is 3.58. The molecule has 0 aliphatic carbocycles. The zero-order chi connectivity index (χ0) is 9.41. The Labute approximate surface area is 70.5 Å². The summed E-state index contributed by atoms with van der Waals surface area (Å²) in [7, 11) is -3.24. The molecule has 3 N–H and O–H groups in total. The molecule has 6 heteroatoms. The number of carboxylic acid groups (broad SMARTS) is 1. The van der Waals surface area contributed by atoms with Gasteiger partial charge in [0.15, 0.2) is 9.84 Å². The van der Waals surface area contributed by atoms with Crippen LogP contribution in [-0.4, -0.2) is 36.5 Å². The predicted octanol–water partition coefficient (Wildman–Crippen LogP) is -1.02. The SMILES string of the molecule is N[C@@]1(C(=O)O)CCCS(=O)(=O)C1. The lowest BCUT2D eigenvalue weighted by atomic mass is 9.97. The van der Waals surface area contributed by atoms with Crippen LogP contribution < -0.4 is 5.73 Å². The Balaban J connectivity index is 2.89. The molecule has 70 valence electrons. The van der Waals surface area contributed by atoms with Crippen LogP contribution in [0.5, 0.6) is 0 Å². The summed E-state index contributed by atoms with van der Waals surface area (Å²) < 4.78 is 22.1. The molecule has 0 bridgehead atoms. The quantitative estimate of drug-likeness (QED) is 0.555. The lowest BCUT2D eigenvalue weighted by Gasteiger charge is -2.28. The molecule has 0 radical (unpaired) electrons. The van der Waals surface area contributed by atoms with Crippen LogP contribution in [0.3, 0.4) is 0 Å². The van der Waals surface area contributed by atoms with E-state index in [2.05, 4.69) is 0 Å². The second-order valence-electron chi connectivity index (χ2n) is 3.16. The minimum absolute atomic E-state index is 0.0548. The summed E-state index contributed by atoms with van der Waals surface area (Å²) >= 11 is 0. The van der Waals surface area contributed by atoms with E-state index in [0.29, 0.717) is 6.42 Å². The van der Waals surface area contributed by atoms with Crippen LogP contribution in [0.1, 0.15) is 12.8 Å². The molecule has 0 aromatic rings. The second kappa shape index (κ2) is 2.70. The van der Waals surface area contributed by atoms with E-state index < -0.39 is 27.1 Å². The molecule has 1 atom stereocenters. The van der Waals surface area contributed by atoms with Crippen LogP contribution in [0.2, 0.25) is 0 Å². The smallest absolute Gasteiger partial charge is 0.324 e. The van der Waals surface area contributed by atoms with Crippen molar-refractivity contribution < 1.29 is 18.3 Å². The predicted molar refractivity (Wildman–Crippen MR) is 42.4 cm³/mol. The van der Waals surface area contributed by atoms with Crippen molar-refractivity contribution in [2.24, 2.45) is 5.73 Å². The van der Waals surface area contributed by atoms with Gasteiger partial charge in [-0.1, -0.05) is 0 Å². The fraction of sp³-hybridized carbons (Fsp3) is 0.833. The number of aliphatic carboxylic acids is 1. The molecule has 1 aliphatic rings. The fourth-order valence-electron chi connectivity index (χ4n) is 1.31. The summed E-state index contributed by atoms with van der Waals surface area (Å²) in [6.07, 6.45) is 0.576. The highest BCUT2D eigenvalue weighted by Gasteiger charge is 2.41. The van der Waals surface area contributed by atoms with Gasteiger partial charge in [-0.2, -0.15) is 0 Å². The topological polar surface area (TPSA) is 97.5 Å². The van der Waals surface area contributed by atoms with Crippen molar-refractivity contribution in [2.75, 3.05) is 11.5 Å². The Morgan fingerprint density at radius 2 is 2.08 bits per heavy atom. The molecule has 0 spiro atoms. The van der Waals surface area contributed by atoms with E-state index in [0.717, 1.165) is 0 Å². The molecule has 5 nitrogen and oxygen atoms in total. The van der Waals surface area contributed by atoms with Crippen molar-refractivity contribution in [1.29, 1.82) is 0 Å². The average molecular weight is 193 g/mol.